The van der Waals surface area contributed by atoms with Crippen LogP contribution >= 0.6 is 0 Å². The SMILES string of the molecule is C.C.CCC(C)(F)C(=O)OC1(C)CC2CC(CC(O)(C(F)(F)F)C(F)(F)F)C1C2. The third-order valence-electron chi connectivity index (χ3n) is 6.18. The van der Waals surface area contributed by atoms with Crippen molar-refractivity contribution in [1.29, 1.82) is 0 Å². The van der Waals surface area contributed by atoms with Crippen molar-refractivity contribution in [3.05, 3.63) is 0 Å². The van der Waals surface area contributed by atoms with Crippen LogP contribution in [-0.4, -0.2) is 40.3 Å². The lowest BCUT2D eigenvalue weighted by Crippen LogP contribution is -2.59. The Labute approximate surface area is 167 Å². The minimum absolute atomic E-state index is 0. The van der Waals surface area contributed by atoms with Crippen LogP contribution in [0.4, 0.5) is 30.7 Å². The molecule has 3 nitrogen and oxygen atoms in total. The number of hydrogen-bond acceptors (Lipinski definition) is 3. The summed E-state index contributed by atoms with van der Waals surface area (Å²) in [5.74, 6) is -3.38. The second-order valence-corrected chi connectivity index (χ2v) is 8.22. The number of esters is 1. The predicted octanol–water partition coefficient (Wildman–Crippen LogP) is 5.99. The molecule has 0 radical (unpaired) electrons. The third kappa shape index (κ3) is 4.82. The maximum atomic E-state index is 14.1. The zero-order chi connectivity index (χ0) is 21.1. The smallest absolute Gasteiger partial charge is 0.426 e. The van der Waals surface area contributed by atoms with Gasteiger partial charge in [-0.2, -0.15) is 26.3 Å². The Morgan fingerprint density at radius 1 is 1.07 bits per heavy atom. The summed E-state index contributed by atoms with van der Waals surface area (Å²) in [4.78, 5) is 12.0. The third-order valence-corrected chi connectivity index (χ3v) is 6.18. The minimum Gasteiger partial charge on any atom is -0.457 e. The number of carbonyl (C=O) groups excluding carboxylic acids is 1. The summed E-state index contributed by atoms with van der Waals surface area (Å²) in [6, 6.07) is 0. The number of alkyl halides is 7. The van der Waals surface area contributed by atoms with Crippen LogP contribution in [-0.2, 0) is 9.53 Å². The first-order valence-corrected chi connectivity index (χ1v) is 8.75. The zero-order valence-electron chi connectivity index (χ0n) is 15.2. The summed E-state index contributed by atoms with van der Waals surface area (Å²) in [7, 11) is 0. The van der Waals surface area contributed by atoms with Gasteiger partial charge in [-0.25, -0.2) is 9.18 Å². The Morgan fingerprint density at radius 2 is 1.55 bits per heavy atom. The fourth-order valence-corrected chi connectivity index (χ4v) is 4.46. The summed E-state index contributed by atoms with van der Waals surface area (Å²) in [5, 5.41) is 9.47. The van der Waals surface area contributed by atoms with Crippen LogP contribution in [0.15, 0.2) is 0 Å². The number of halogens is 7. The molecule has 2 fully saturated rings. The Morgan fingerprint density at radius 3 is 1.93 bits per heavy atom. The average molecular weight is 440 g/mol. The van der Waals surface area contributed by atoms with E-state index in [4.69, 9.17) is 4.74 Å². The van der Waals surface area contributed by atoms with Crippen molar-refractivity contribution < 1.29 is 45.4 Å². The minimum atomic E-state index is -5.89. The molecule has 0 amide bonds. The highest BCUT2D eigenvalue weighted by Crippen LogP contribution is 2.59. The number of carbonyl (C=O) groups is 1. The fourth-order valence-electron chi connectivity index (χ4n) is 4.46. The Bertz CT molecular complexity index is 571. The summed E-state index contributed by atoms with van der Waals surface area (Å²) < 4.78 is 97.4. The van der Waals surface area contributed by atoms with Crippen LogP contribution in [0.1, 0.15) is 67.7 Å². The van der Waals surface area contributed by atoms with Crippen LogP contribution in [0.25, 0.3) is 0 Å². The number of hydrogen-bond donors (Lipinski definition) is 1. The molecule has 0 aromatic rings. The summed E-state index contributed by atoms with van der Waals surface area (Å²) in [5.41, 5.74) is -8.48. The molecular weight excluding hydrogens is 409 g/mol. The van der Waals surface area contributed by atoms with Gasteiger partial charge in [-0.05, 0) is 57.8 Å². The van der Waals surface area contributed by atoms with E-state index in [2.05, 4.69) is 0 Å². The summed E-state index contributed by atoms with van der Waals surface area (Å²) >= 11 is 0. The molecule has 0 aromatic carbocycles. The lowest BCUT2D eigenvalue weighted by Gasteiger charge is -2.42. The highest BCUT2D eigenvalue weighted by Gasteiger charge is 2.72. The standard InChI is InChI=1S/C17H23F7O3.2CH4/c1-4-13(2,18)12(25)27-14(3)7-9-5-10(11(14)6-9)8-15(26,16(19,20)21)17(22,23)24;;/h9-11,26H,4-8H2,1-3H3;2*1H4. The van der Waals surface area contributed by atoms with Crippen LogP contribution in [0.2, 0.25) is 0 Å². The maximum Gasteiger partial charge on any atom is 0.426 e. The molecule has 0 aliphatic heterocycles. The normalized spacial score (nSPS) is 31.5. The van der Waals surface area contributed by atoms with E-state index in [0.717, 1.165) is 6.92 Å². The van der Waals surface area contributed by atoms with Crippen molar-refractivity contribution in [2.75, 3.05) is 0 Å². The fraction of sp³-hybridized carbons (Fsp3) is 0.947. The van der Waals surface area contributed by atoms with Gasteiger partial charge in [0.25, 0.3) is 5.60 Å². The van der Waals surface area contributed by atoms with Gasteiger partial charge in [0.2, 0.25) is 5.67 Å². The molecule has 0 spiro atoms. The van der Waals surface area contributed by atoms with Crippen molar-refractivity contribution in [1.82, 2.24) is 0 Å². The highest BCUT2D eigenvalue weighted by molar-refractivity contribution is 5.79. The molecule has 10 heteroatoms. The van der Waals surface area contributed by atoms with Gasteiger partial charge in [-0.15, -0.1) is 0 Å². The van der Waals surface area contributed by atoms with Gasteiger partial charge < -0.3 is 9.84 Å². The first kappa shape index (κ1) is 27.9. The largest absolute Gasteiger partial charge is 0.457 e. The number of aliphatic hydroxyl groups is 1. The molecule has 2 aliphatic rings. The van der Waals surface area contributed by atoms with E-state index >= 15 is 0 Å². The second-order valence-electron chi connectivity index (χ2n) is 8.22. The van der Waals surface area contributed by atoms with E-state index in [0.29, 0.717) is 0 Å². The van der Waals surface area contributed by atoms with Crippen LogP contribution < -0.4 is 0 Å². The zero-order valence-corrected chi connectivity index (χ0v) is 15.2. The molecule has 0 saturated heterocycles. The van der Waals surface area contributed by atoms with Gasteiger partial charge in [-0.1, -0.05) is 21.8 Å². The van der Waals surface area contributed by atoms with Crippen molar-refractivity contribution in [3.63, 3.8) is 0 Å². The van der Waals surface area contributed by atoms with E-state index in [-0.39, 0.29) is 46.5 Å². The van der Waals surface area contributed by atoms with E-state index in [1.807, 2.05) is 0 Å². The average Bonchev–Trinajstić information content (AvgIpc) is 3.01. The molecule has 5 atom stereocenters. The molecule has 0 heterocycles. The van der Waals surface area contributed by atoms with Crippen LogP contribution in [0.5, 0.6) is 0 Å². The van der Waals surface area contributed by atoms with E-state index in [1.165, 1.54) is 13.8 Å². The molecule has 2 aliphatic carbocycles. The molecular formula is C19H31F7O3. The van der Waals surface area contributed by atoms with Gasteiger partial charge in [0.1, 0.15) is 5.60 Å². The lowest BCUT2D eigenvalue weighted by atomic mass is 9.73. The molecule has 174 valence electrons. The molecule has 2 bridgehead atoms. The van der Waals surface area contributed by atoms with Crippen molar-refractivity contribution >= 4 is 5.97 Å². The monoisotopic (exact) mass is 440 g/mol. The quantitative estimate of drug-likeness (QED) is 0.422. The molecule has 1 N–H and O–H groups in total. The van der Waals surface area contributed by atoms with E-state index in [9.17, 15) is 40.6 Å². The molecule has 0 aromatic heterocycles. The molecule has 2 saturated carbocycles. The van der Waals surface area contributed by atoms with Gasteiger partial charge >= 0.3 is 18.3 Å². The van der Waals surface area contributed by atoms with Crippen molar-refractivity contribution in [2.45, 2.75) is 97.0 Å². The van der Waals surface area contributed by atoms with Crippen LogP contribution in [0.3, 0.4) is 0 Å². The topological polar surface area (TPSA) is 46.5 Å². The lowest BCUT2D eigenvalue weighted by molar-refractivity contribution is -0.374. The second kappa shape index (κ2) is 8.23. The molecule has 2 rings (SSSR count). The van der Waals surface area contributed by atoms with E-state index < -0.39 is 53.4 Å². The van der Waals surface area contributed by atoms with E-state index in [1.54, 1.807) is 0 Å². The Balaban J connectivity index is 0.00000392. The molecule has 5 unspecified atom stereocenters. The Hall–Kier alpha value is -1.06. The van der Waals surface area contributed by atoms with Gasteiger partial charge in [0, 0.05) is 5.92 Å². The molecule has 29 heavy (non-hydrogen) atoms. The van der Waals surface area contributed by atoms with Crippen molar-refractivity contribution in [3.8, 4) is 0 Å². The number of fused-ring (bicyclic) bond motifs is 2. The number of rotatable bonds is 5. The summed E-state index contributed by atoms with van der Waals surface area (Å²) in [6.45, 7) is 3.84. The van der Waals surface area contributed by atoms with Gasteiger partial charge in [0.15, 0.2) is 0 Å². The van der Waals surface area contributed by atoms with Crippen molar-refractivity contribution in [2.24, 2.45) is 17.8 Å². The first-order valence-electron chi connectivity index (χ1n) is 8.75. The maximum absolute atomic E-state index is 14.1. The highest BCUT2D eigenvalue weighted by atomic mass is 19.4. The predicted molar refractivity (Wildman–Crippen MR) is 93.8 cm³/mol. The van der Waals surface area contributed by atoms with Crippen LogP contribution in [0, 0.1) is 17.8 Å². The number of ether oxygens (including phenoxy) is 1. The van der Waals surface area contributed by atoms with Gasteiger partial charge in [-0.3, -0.25) is 0 Å². The first-order chi connectivity index (χ1) is 12.0. The summed E-state index contributed by atoms with van der Waals surface area (Å²) in [6.07, 6.45) is -12.9. The van der Waals surface area contributed by atoms with Gasteiger partial charge in [0.05, 0.1) is 0 Å². The Kier molecular flexibility index (Phi) is 7.93.